The highest BCUT2D eigenvalue weighted by Crippen LogP contribution is 2.27. The maximum atomic E-state index is 10.7. The second-order valence-corrected chi connectivity index (χ2v) is 4.87. The van der Waals surface area contributed by atoms with Crippen LogP contribution in [-0.2, 0) is 9.53 Å². The molecule has 0 aromatic heterocycles. The number of nitrogens with zero attached hydrogens (tertiary/aromatic N) is 1. The van der Waals surface area contributed by atoms with Crippen molar-refractivity contribution < 1.29 is 19.6 Å². The van der Waals surface area contributed by atoms with Gasteiger partial charge in [-0.15, -0.1) is 0 Å². The van der Waals surface area contributed by atoms with Crippen molar-refractivity contribution in [2.75, 3.05) is 11.9 Å². The number of carboxylic acid groups (broad SMARTS) is 1. The fourth-order valence-electron chi connectivity index (χ4n) is 2.02. The van der Waals surface area contributed by atoms with Gasteiger partial charge in [0.1, 0.15) is 0 Å². The van der Waals surface area contributed by atoms with Gasteiger partial charge < -0.3 is 15.2 Å². The first-order valence-corrected chi connectivity index (χ1v) is 6.41. The SMILES string of the molecule is O=C(O)C1CCC(CNc2ccc([N+](=O)[O-])cc2Cl)O1. The minimum Gasteiger partial charge on any atom is -0.479 e. The monoisotopic (exact) mass is 300 g/mol. The van der Waals surface area contributed by atoms with Gasteiger partial charge in [-0.3, -0.25) is 10.1 Å². The molecule has 0 radical (unpaired) electrons. The number of carbonyl (C=O) groups is 1. The molecule has 2 N–H and O–H groups in total. The summed E-state index contributed by atoms with van der Waals surface area (Å²) < 4.78 is 5.33. The Morgan fingerprint density at radius 3 is 2.85 bits per heavy atom. The molecule has 1 heterocycles. The molecule has 1 aliphatic heterocycles. The molecular weight excluding hydrogens is 288 g/mol. The molecule has 2 atom stereocenters. The lowest BCUT2D eigenvalue weighted by Crippen LogP contribution is -2.24. The van der Waals surface area contributed by atoms with Crippen LogP contribution < -0.4 is 5.32 Å². The highest BCUT2D eigenvalue weighted by molar-refractivity contribution is 6.33. The maximum Gasteiger partial charge on any atom is 0.332 e. The van der Waals surface area contributed by atoms with Crippen molar-refractivity contribution in [3.05, 3.63) is 33.3 Å². The number of halogens is 1. The Balaban J connectivity index is 1.92. The van der Waals surface area contributed by atoms with E-state index in [1.54, 1.807) is 0 Å². The van der Waals surface area contributed by atoms with Crippen LogP contribution in [0.4, 0.5) is 11.4 Å². The number of carboxylic acids is 1. The minimum absolute atomic E-state index is 0.0800. The Morgan fingerprint density at radius 1 is 1.55 bits per heavy atom. The van der Waals surface area contributed by atoms with E-state index in [1.165, 1.54) is 18.2 Å². The van der Waals surface area contributed by atoms with Crippen LogP contribution in [0.3, 0.4) is 0 Å². The third-order valence-corrected chi connectivity index (χ3v) is 3.38. The molecule has 0 bridgehead atoms. The lowest BCUT2D eigenvalue weighted by Gasteiger charge is -2.14. The Hall–Kier alpha value is -1.86. The van der Waals surface area contributed by atoms with Crippen LogP contribution in [0.1, 0.15) is 12.8 Å². The van der Waals surface area contributed by atoms with E-state index in [9.17, 15) is 14.9 Å². The molecule has 8 heteroatoms. The molecule has 7 nitrogen and oxygen atoms in total. The second-order valence-electron chi connectivity index (χ2n) is 4.46. The highest BCUT2D eigenvalue weighted by atomic mass is 35.5. The summed E-state index contributed by atoms with van der Waals surface area (Å²) in [5.74, 6) is -0.958. The fraction of sp³-hybridized carbons (Fsp3) is 0.417. The van der Waals surface area contributed by atoms with Crippen LogP contribution in [0.5, 0.6) is 0 Å². The van der Waals surface area contributed by atoms with E-state index >= 15 is 0 Å². The van der Waals surface area contributed by atoms with Gasteiger partial charge in [-0.1, -0.05) is 11.6 Å². The summed E-state index contributed by atoms with van der Waals surface area (Å²) >= 11 is 5.94. The molecule has 1 fully saturated rings. The van der Waals surface area contributed by atoms with Crippen molar-refractivity contribution in [3.63, 3.8) is 0 Å². The molecule has 2 rings (SSSR count). The van der Waals surface area contributed by atoms with Crippen LogP contribution in [0.25, 0.3) is 0 Å². The molecule has 0 spiro atoms. The van der Waals surface area contributed by atoms with Crippen LogP contribution in [0.2, 0.25) is 5.02 Å². The maximum absolute atomic E-state index is 10.7. The summed E-state index contributed by atoms with van der Waals surface area (Å²) in [5, 5.41) is 22.6. The lowest BCUT2D eigenvalue weighted by molar-refractivity contribution is -0.384. The number of aliphatic carboxylic acids is 1. The number of nitro benzene ring substituents is 1. The summed E-state index contributed by atoms with van der Waals surface area (Å²) in [6.45, 7) is 0.404. The molecule has 20 heavy (non-hydrogen) atoms. The smallest absolute Gasteiger partial charge is 0.332 e. The molecule has 1 aliphatic rings. The molecule has 1 saturated heterocycles. The van der Waals surface area contributed by atoms with E-state index < -0.39 is 17.0 Å². The molecule has 108 valence electrons. The van der Waals surface area contributed by atoms with E-state index in [1.807, 2.05) is 0 Å². The van der Waals surface area contributed by atoms with Crippen LogP contribution in [0, 0.1) is 10.1 Å². The van der Waals surface area contributed by atoms with Gasteiger partial charge in [0.2, 0.25) is 0 Å². The van der Waals surface area contributed by atoms with Crippen molar-refractivity contribution in [2.45, 2.75) is 25.0 Å². The molecule has 1 aromatic rings. The average molecular weight is 301 g/mol. The lowest BCUT2D eigenvalue weighted by atomic mass is 10.2. The summed E-state index contributed by atoms with van der Waals surface area (Å²) in [7, 11) is 0. The fourth-order valence-corrected chi connectivity index (χ4v) is 2.26. The number of non-ortho nitro benzene ring substituents is 1. The summed E-state index contributed by atoms with van der Waals surface area (Å²) in [6.07, 6.45) is 0.168. The Morgan fingerprint density at radius 2 is 2.30 bits per heavy atom. The number of ether oxygens (including phenoxy) is 1. The van der Waals surface area contributed by atoms with Gasteiger partial charge in [0.05, 0.1) is 21.7 Å². The van der Waals surface area contributed by atoms with Gasteiger partial charge >= 0.3 is 5.97 Å². The quantitative estimate of drug-likeness (QED) is 0.639. The molecule has 1 aromatic carbocycles. The van der Waals surface area contributed by atoms with Crippen molar-refractivity contribution in [2.24, 2.45) is 0 Å². The first-order valence-electron chi connectivity index (χ1n) is 6.03. The standard InChI is InChI=1S/C12H13ClN2O5/c13-9-5-7(15(18)19)1-3-10(9)14-6-8-2-4-11(20-8)12(16)17/h1,3,5,8,11,14H,2,4,6H2,(H,16,17). The third-order valence-electron chi connectivity index (χ3n) is 3.07. The predicted molar refractivity (Wildman–Crippen MR) is 72.1 cm³/mol. The highest BCUT2D eigenvalue weighted by Gasteiger charge is 2.30. The molecule has 0 aliphatic carbocycles. The van der Waals surface area contributed by atoms with Crippen molar-refractivity contribution in [3.8, 4) is 0 Å². The zero-order chi connectivity index (χ0) is 14.7. The molecule has 0 amide bonds. The number of nitro groups is 1. The zero-order valence-corrected chi connectivity index (χ0v) is 11.2. The molecule has 2 unspecified atom stereocenters. The van der Waals surface area contributed by atoms with Gasteiger partial charge in [-0.05, 0) is 18.9 Å². The summed E-state index contributed by atoms with van der Waals surface area (Å²) in [6, 6.07) is 4.13. The van der Waals surface area contributed by atoms with E-state index in [0.29, 0.717) is 25.1 Å². The zero-order valence-electron chi connectivity index (χ0n) is 10.4. The Bertz CT molecular complexity index is 537. The minimum atomic E-state index is -0.958. The van der Waals surface area contributed by atoms with E-state index in [2.05, 4.69) is 5.32 Å². The Kier molecular flexibility index (Phi) is 4.41. The van der Waals surface area contributed by atoms with Crippen molar-refractivity contribution in [1.82, 2.24) is 0 Å². The van der Waals surface area contributed by atoms with Gasteiger partial charge in [0, 0.05) is 18.7 Å². The first kappa shape index (κ1) is 14.5. The number of hydrogen-bond donors (Lipinski definition) is 2. The van der Waals surface area contributed by atoms with Crippen molar-refractivity contribution in [1.29, 1.82) is 0 Å². The summed E-state index contributed by atoms with van der Waals surface area (Å²) in [5.41, 5.74) is 0.475. The number of rotatable bonds is 5. The number of nitrogens with one attached hydrogen (secondary N) is 1. The topological polar surface area (TPSA) is 102 Å². The molecule has 0 saturated carbocycles. The van der Waals surface area contributed by atoms with Gasteiger partial charge in [0.25, 0.3) is 5.69 Å². The van der Waals surface area contributed by atoms with Crippen LogP contribution >= 0.6 is 11.6 Å². The van der Waals surface area contributed by atoms with Gasteiger partial charge in [-0.2, -0.15) is 0 Å². The van der Waals surface area contributed by atoms with Gasteiger partial charge in [0.15, 0.2) is 6.10 Å². The largest absolute Gasteiger partial charge is 0.479 e. The third kappa shape index (κ3) is 3.37. The normalized spacial score (nSPS) is 21.6. The van der Waals surface area contributed by atoms with Gasteiger partial charge in [-0.25, -0.2) is 4.79 Å². The second kappa shape index (κ2) is 6.06. The van der Waals surface area contributed by atoms with E-state index in [4.69, 9.17) is 21.4 Å². The van der Waals surface area contributed by atoms with Crippen LogP contribution in [-0.4, -0.2) is 34.8 Å². The predicted octanol–water partition coefficient (Wildman–Crippen LogP) is 2.29. The number of benzene rings is 1. The van der Waals surface area contributed by atoms with Crippen LogP contribution in [0.15, 0.2) is 18.2 Å². The van der Waals surface area contributed by atoms with Crippen molar-refractivity contribution >= 4 is 28.9 Å². The first-order chi connectivity index (χ1) is 9.47. The Labute approximate surface area is 119 Å². The number of anilines is 1. The van der Waals surface area contributed by atoms with E-state index in [0.717, 1.165) is 0 Å². The van der Waals surface area contributed by atoms with E-state index in [-0.39, 0.29) is 16.8 Å². The number of hydrogen-bond acceptors (Lipinski definition) is 5. The average Bonchev–Trinajstić information content (AvgIpc) is 2.86. The molecular formula is C12H13ClN2O5. The summed E-state index contributed by atoms with van der Waals surface area (Å²) in [4.78, 5) is 20.8.